The van der Waals surface area contributed by atoms with Crippen LogP contribution in [0.4, 0.5) is 11.4 Å². The number of hydrogen-bond acceptors (Lipinski definition) is 4. The molecule has 0 amide bonds. The summed E-state index contributed by atoms with van der Waals surface area (Å²) in [5.41, 5.74) is 3.68. The third-order valence-corrected chi connectivity index (χ3v) is 4.93. The maximum atomic E-state index is 12.4. The van der Waals surface area contributed by atoms with Gasteiger partial charge in [-0.2, -0.15) is 0 Å². The SMILES string of the molecule is O=C(/C=C/c1ccncc1)c1ccc2c(c1)Nc1ccccc1S2. The molecule has 1 aliphatic heterocycles. The maximum Gasteiger partial charge on any atom is 0.185 e. The molecule has 0 saturated heterocycles. The molecule has 24 heavy (non-hydrogen) atoms. The van der Waals surface area contributed by atoms with Gasteiger partial charge in [0.25, 0.3) is 0 Å². The number of hydrogen-bond donors (Lipinski definition) is 1. The van der Waals surface area contributed by atoms with Gasteiger partial charge in [-0.05, 0) is 54.1 Å². The monoisotopic (exact) mass is 330 g/mol. The van der Waals surface area contributed by atoms with Crippen LogP contribution in [0.2, 0.25) is 0 Å². The van der Waals surface area contributed by atoms with Gasteiger partial charge >= 0.3 is 0 Å². The van der Waals surface area contributed by atoms with Crippen LogP contribution in [0.25, 0.3) is 6.08 Å². The summed E-state index contributed by atoms with van der Waals surface area (Å²) in [6.07, 6.45) is 6.82. The van der Waals surface area contributed by atoms with Crippen molar-refractivity contribution in [3.8, 4) is 0 Å². The Morgan fingerprint density at radius 2 is 1.75 bits per heavy atom. The Labute approximate surface area is 144 Å². The molecular weight excluding hydrogens is 316 g/mol. The van der Waals surface area contributed by atoms with Gasteiger partial charge < -0.3 is 5.32 Å². The smallest absolute Gasteiger partial charge is 0.185 e. The van der Waals surface area contributed by atoms with E-state index in [1.165, 1.54) is 4.90 Å². The number of nitrogens with zero attached hydrogens (tertiary/aromatic N) is 1. The number of fused-ring (bicyclic) bond motifs is 2. The van der Waals surface area contributed by atoms with E-state index in [1.54, 1.807) is 36.3 Å². The second kappa shape index (κ2) is 6.34. The average molecular weight is 330 g/mol. The molecule has 0 unspecified atom stereocenters. The third-order valence-electron chi connectivity index (χ3n) is 3.77. The highest BCUT2D eigenvalue weighted by molar-refractivity contribution is 7.99. The van der Waals surface area contributed by atoms with Crippen LogP contribution in [0.5, 0.6) is 0 Å². The van der Waals surface area contributed by atoms with Crippen LogP contribution in [0.3, 0.4) is 0 Å². The first kappa shape index (κ1) is 14.7. The van der Waals surface area contributed by atoms with Crippen molar-refractivity contribution in [1.82, 2.24) is 4.98 Å². The molecule has 0 radical (unpaired) electrons. The van der Waals surface area contributed by atoms with E-state index in [1.807, 2.05) is 48.5 Å². The van der Waals surface area contributed by atoms with Crippen molar-refractivity contribution in [3.05, 3.63) is 84.2 Å². The van der Waals surface area contributed by atoms with Crippen LogP contribution in [0.15, 0.2) is 82.9 Å². The molecule has 0 aliphatic carbocycles. The number of aromatic nitrogens is 1. The number of carbonyl (C=O) groups is 1. The van der Waals surface area contributed by atoms with Crippen LogP contribution in [-0.2, 0) is 0 Å². The van der Waals surface area contributed by atoms with Crippen molar-refractivity contribution >= 4 is 35.0 Å². The lowest BCUT2D eigenvalue weighted by molar-refractivity contribution is 0.104. The van der Waals surface area contributed by atoms with Gasteiger partial charge in [-0.1, -0.05) is 30.0 Å². The molecule has 1 aromatic heterocycles. The van der Waals surface area contributed by atoms with Crippen molar-refractivity contribution < 1.29 is 4.79 Å². The van der Waals surface area contributed by atoms with Crippen LogP contribution in [-0.4, -0.2) is 10.8 Å². The van der Waals surface area contributed by atoms with Gasteiger partial charge in [0.05, 0.1) is 11.4 Å². The van der Waals surface area contributed by atoms with Gasteiger partial charge in [0, 0.05) is 27.7 Å². The quantitative estimate of drug-likeness (QED) is 0.415. The van der Waals surface area contributed by atoms with Gasteiger partial charge in [-0.15, -0.1) is 0 Å². The molecule has 1 aliphatic rings. The minimum atomic E-state index is -0.0136. The molecule has 3 nitrogen and oxygen atoms in total. The Balaban J connectivity index is 1.58. The second-order valence-corrected chi connectivity index (χ2v) is 6.50. The van der Waals surface area contributed by atoms with E-state index in [0.29, 0.717) is 5.56 Å². The number of nitrogens with one attached hydrogen (secondary N) is 1. The molecule has 0 fully saturated rings. The van der Waals surface area contributed by atoms with E-state index in [0.717, 1.165) is 21.8 Å². The summed E-state index contributed by atoms with van der Waals surface area (Å²) in [6, 6.07) is 17.7. The highest BCUT2D eigenvalue weighted by atomic mass is 32.2. The molecule has 116 valence electrons. The normalized spacial score (nSPS) is 12.3. The van der Waals surface area contributed by atoms with E-state index in [4.69, 9.17) is 0 Å². The fourth-order valence-corrected chi connectivity index (χ4v) is 3.50. The summed E-state index contributed by atoms with van der Waals surface area (Å²) >= 11 is 1.71. The van der Waals surface area contributed by atoms with E-state index in [9.17, 15) is 4.79 Å². The largest absolute Gasteiger partial charge is 0.354 e. The Morgan fingerprint density at radius 3 is 2.62 bits per heavy atom. The first-order chi connectivity index (χ1) is 11.8. The van der Waals surface area contributed by atoms with E-state index < -0.39 is 0 Å². The number of benzene rings is 2. The lowest BCUT2D eigenvalue weighted by Gasteiger charge is -2.20. The number of anilines is 2. The number of para-hydroxylation sites is 1. The zero-order valence-corrected chi connectivity index (χ0v) is 13.6. The molecule has 3 aromatic rings. The Hall–Kier alpha value is -2.85. The zero-order chi connectivity index (χ0) is 16.4. The first-order valence-corrected chi connectivity index (χ1v) is 8.42. The third kappa shape index (κ3) is 2.96. The fourth-order valence-electron chi connectivity index (χ4n) is 2.54. The molecule has 0 saturated carbocycles. The summed E-state index contributed by atoms with van der Waals surface area (Å²) < 4.78 is 0. The van der Waals surface area contributed by atoms with Gasteiger partial charge in [0.1, 0.15) is 0 Å². The lowest BCUT2D eigenvalue weighted by Crippen LogP contribution is -2.02. The molecule has 2 heterocycles. The number of pyridine rings is 1. The van der Waals surface area contributed by atoms with Crippen LogP contribution in [0, 0.1) is 0 Å². The molecule has 2 aromatic carbocycles. The summed E-state index contributed by atoms with van der Waals surface area (Å²) in [6.45, 7) is 0. The predicted molar refractivity (Wildman–Crippen MR) is 97.9 cm³/mol. The summed E-state index contributed by atoms with van der Waals surface area (Å²) in [4.78, 5) is 18.7. The van der Waals surface area contributed by atoms with Crippen LogP contribution >= 0.6 is 11.8 Å². The van der Waals surface area contributed by atoms with E-state index >= 15 is 0 Å². The Bertz CT molecular complexity index is 935. The van der Waals surface area contributed by atoms with Crippen LogP contribution < -0.4 is 5.32 Å². The molecule has 4 heteroatoms. The van der Waals surface area contributed by atoms with Gasteiger partial charge in [0.2, 0.25) is 0 Å². The van der Waals surface area contributed by atoms with Gasteiger partial charge in [-0.25, -0.2) is 0 Å². The molecule has 1 N–H and O–H groups in total. The topological polar surface area (TPSA) is 42.0 Å². The number of allylic oxidation sites excluding steroid dienone is 1. The van der Waals surface area contributed by atoms with Crippen molar-refractivity contribution in [2.75, 3.05) is 5.32 Å². The number of ketones is 1. The second-order valence-electron chi connectivity index (χ2n) is 5.41. The minimum Gasteiger partial charge on any atom is -0.354 e. The van der Waals surface area contributed by atoms with E-state index in [2.05, 4.69) is 16.4 Å². The highest BCUT2D eigenvalue weighted by Crippen LogP contribution is 2.44. The van der Waals surface area contributed by atoms with Crippen molar-refractivity contribution in [3.63, 3.8) is 0 Å². The van der Waals surface area contributed by atoms with Crippen molar-refractivity contribution in [2.45, 2.75) is 9.79 Å². The summed E-state index contributed by atoms with van der Waals surface area (Å²) in [5, 5.41) is 3.40. The Morgan fingerprint density at radius 1 is 0.958 bits per heavy atom. The Kier molecular flexibility index (Phi) is 3.89. The minimum absolute atomic E-state index is 0.0136. The standard InChI is InChI=1S/C20H14N2OS/c23-18(7-5-14-9-11-21-12-10-14)15-6-8-20-17(13-15)22-16-3-1-2-4-19(16)24-20/h1-13,22H/b7-5+. The first-order valence-electron chi connectivity index (χ1n) is 7.60. The van der Waals surface area contributed by atoms with Gasteiger partial charge in [-0.3, -0.25) is 9.78 Å². The van der Waals surface area contributed by atoms with Crippen molar-refractivity contribution in [1.29, 1.82) is 0 Å². The van der Waals surface area contributed by atoms with Crippen molar-refractivity contribution in [2.24, 2.45) is 0 Å². The van der Waals surface area contributed by atoms with E-state index in [-0.39, 0.29) is 5.78 Å². The fraction of sp³-hybridized carbons (Fsp3) is 0. The van der Waals surface area contributed by atoms with Crippen LogP contribution in [0.1, 0.15) is 15.9 Å². The predicted octanol–water partition coefficient (Wildman–Crippen LogP) is 5.19. The zero-order valence-electron chi connectivity index (χ0n) is 12.8. The van der Waals surface area contributed by atoms with Gasteiger partial charge in [0.15, 0.2) is 5.78 Å². The number of carbonyl (C=O) groups excluding carboxylic acids is 1. The summed E-state index contributed by atoms with van der Waals surface area (Å²) in [7, 11) is 0. The maximum absolute atomic E-state index is 12.4. The molecule has 0 atom stereocenters. The average Bonchev–Trinajstić information content (AvgIpc) is 2.64. The molecule has 0 spiro atoms. The molecular formula is C20H14N2OS. The molecule has 4 rings (SSSR count). The number of rotatable bonds is 3. The molecule has 0 bridgehead atoms. The summed E-state index contributed by atoms with van der Waals surface area (Å²) in [5.74, 6) is -0.0136. The lowest BCUT2D eigenvalue weighted by atomic mass is 10.1. The highest BCUT2D eigenvalue weighted by Gasteiger charge is 2.16.